The standard InChI is InChI=1S/C29H28F3N3O4/c1-34-19(15-33)14-27-24-17-7-8-21(36)25(24)39-26(27)20(10-11-28(27,38)22(34)13-17)35(2)23(37)9-6-16-4-3-5-18(12-16)29(30,31)32/h3-9,12,19-20,22,26,36,38H,10-11,13-14H2,1-2H3/b9-6+/t19?,20?,22-,26?,27+,28-/m1/s1. The number of likely N-dealkylation sites (tertiary alicyclic amines) is 1. The number of hydrogen-bond donors (Lipinski definition) is 2. The van der Waals surface area contributed by atoms with Crippen LogP contribution in [0.5, 0.6) is 11.5 Å². The largest absolute Gasteiger partial charge is 0.504 e. The molecule has 1 amide bonds. The number of phenols is 1. The zero-order valence-electron chi connectivity index (χ0n) is 21.4. The Kier molecular flexibility index (Phi) is 5.59. The van der Waals surface area contributed by atoms with E-state index in [4.69, 9.17) is 4.74 Å². The highest BCUT2D eigenvalue weighted by Gasteiger charge is 2.74. The second kappa shape index (κ2) is 8.47. The second-order valence-corrected chi connectivity index (χ2v) is 11.1. The first kappa shape index (κ1) is 25.7. The minimum atomic E-state index is -4.49. The minimum Gasteiger partial charge on any atom is -0.504 e. The lowest BCUT2D eigenvalue weighted by Gasteiger charge is -2.65. The maximum atomic E-state index is 13.3. The highest BCUT2D eigenvalue weighted by molar-refractivity contribution is 5.92. The SMILES string of the molecule is CN(C(=O)/C=C/c1cccc(C(F)(F)F)c1)C1CC[C@@]2(O)[C@H]3Cc4ccc(O)c5c4[C@@]2(CC(C#N)N3C)C1O5. The molecule has 204 valence electrons. The van der Waals surface area contributed by atoms with Gasteiger partial charge in [-0.1, -0.05) is 18.2 Å². The van der Waals surface area contributed by atoms with Crippen molar-refractivity contribution in [3.8, 4) is 17.6 Å². The maximum Gasteiger partial charge on any atom is 0.416 e. The van der Waals surface area contributed by atoms with Gasteiger partial charge in [0, 0.05) is 24.7 Å². The summed E-state index contributed by atoms with van der Waals surface area (Å²) in [4.78, 5) is 16.7. The number of carbonyl (C=O) groups is 1. The Morgan fingerprint density at radius 3 is 2.79 bits per heavy atom. The number of halogens is 3. The Balaban J connectivity index is 1.37. The fourth-order valence-corrected chi connectivity index (χ4v) is 7.56. The monoisotopic (exact) mass is 539 g/mol. The topological polar surface area (TPSA) is 97.0 Å². The van der Waals surface area contributed by atoms with Crippen LogP contribution in [0.25, 0.3) is 6.08 Å². The summed E-state index contributed by atoms with van der Waals surface area (Å²) >= 11 is 0. The van der Waals surface area contributed by atoms with Gasteiger partial charge in [0.2, 0.25) is 5.91 Å². The zero-order valence-corrected chi connectivity index (χ0v) is 21.4. The molecule has 2 bridgehead atoms. The molecule has 2 N–H and O–H groups in total. The van der Waals surface area contributed by atoms with Gasteiger partial charge >= 0.3 is 6.18 Å². The molecule has 2 aromatic rings. The second-order valence-electron chi connectivity index (χ2n) is 11.1. The molecule has 0 radical (unpaired) electrons. The van der Waals surface area contributed by atoms with Crippen LogP contribution in [0.15, 0.2) is 42.5 Å². The summed E-state index contributed by atoms with van der Waals surface area (Å²) in [6.45, 7) is 0. The van der Waals surface area contributed by atoms with Gasteiger partial charge in [-0.05, 0) is 68.1 Å². The van der Waals surface area contributed by atoms with Crippen LogP contribution in [0.1, 0.15) is 41.5 Å². The number of nitriles is 1. The van der Waals surface area contributed by atoms with E-state index in [1.807, 2.05) is 18.0 Å². The molecule has 6 atom stereocenters. The summed E-state index contributed by atoms with van der Waals surface area (Å²) in [6, 6.07) is 9.16. The third kappa shape index (κ3) is 3.46. The summed E-state index contributed by atoms with van der Waals surface area (Å²) in [7, 11) is 3.45. The number of carbonyl (C=O) groups excluding carboxylic acids is 1. The van der Waals surface area contributed by atoms with Crippen molar-refractivity contribution < 1.29 is 32.9 Å². The average molecular weight is 540 g/mol. The predicted octanol–water partition coefficient (Wildman–Crippen LogP) is 3.63. The number of nitrogens with zero attached hydrogens (tertiary/aromatic N) is 3. The van der Waals surface area contributed by atoms with E-state index in [2.05, 4.69) is 6.07 Å². The Bertz CT molecular complexity index is 1440. The van der Waals surface area contributed by atoms with Crippen molar-refractivity contribution in [1.82, 2.24) is 9.80 Å². The molecular formula is C29H28F3N3O4. The molecule has 2 aliphatic carbocycles. The molecule has 6 rings (SSSR count). The molecule has 1 saturated heterocycles. The van der Waals surface area contributed by atoms with E-state index in [9.17, 15) is 33.4 Å². The number of phenolic OH excluding ortho intramolecular Hbond substituents is 1. The summed E-state index contributed by atoms with van der Waals surface area (Å²) in [6.07, 6.45) is -1.09. The van der Waals surface area contributed by atoms with Gasteiger partial charge in [0.15, 0.2) is 11.5 Å². The number of rotatable bonds is 3. The van der Waals surface area contributed by atoms with E-state index >= 15 is 0 Å². The van der Waals surface area contributed by atoms with Crippen molar-refractivity contribution in [3.05, 3.63) is 64.7 Å². The third-order valence-electron chi connectivity index (χ3n) is 9.43. The maximum absolute atomic E-state index is 13.3. The van der Waals surface area contributed by atoms with Crippen LogP contribution in [0.4, 0.5) is 13.2 Å². The molecule has 39 heavy (non-hydrogen) atoms. The molecule has 10 heteroatoms. The van der Waals surface area contributed by atoms with Crippen LogP contribution in [0.3, 0.4) is 0 Å². The van der Waals surface area contributed by atoms with Crippen molar-refractivity contribution in [2.45, 2.75) is 67.1 Å². The van der Waals surface area contributed by atoms with Crippen molar-refractivity contribution >= 4 is 12.0 Å². The van der Waals surface area contributed by atoms with Gasteiger partial charge in [0.05, 0.1) is 34.7 Å². The van der Waals surface area contributed by atoms with Gasteiger partial charge < -0.3 is 19.8 Å². The van der Waals surface area contributed by atoms with Gasteiger partial charge in [-0.15, -0.1) is 0 Å². The number of hydrogen-bond acceptors (Lipinski definition) is 6. The predicted molar refractivity (Wildman–Crippen MR) is 135 cm³/mol. The molecule has 2 aromatic carbocycles. The lowest BCUT2D eigenvalue weighted by Crippen LogP contribution is -2.79. The Hall–Kier alpha value is -3.55. The molecule has 2 fully saturated rings. The number of likely N-dealkylation sites (N-methyl/N-ethyl adjacent to an activating group) is 2. The van der Waals surface area contributed by atoms with Crippen molar-refractivity contribution in [1.29, 1.82) is 5.26 Å². The fourth-order valence-electron chi connectivity index (χ4n) is 7.56. The van der Waals surface area contributed by atoms with Crippen LogP contribution >= 0.6 is 0 Å². The molecule has 3 unspecified atom stereocenters. The smallest absolute Gasteiger partial charge is 0.416 e. The first-order chi connectivity index (χ1) is 18.4. The first-order valence-electron chi connectivity index (χ1n) is 12.9. The van der Waals surface area contributed by atoms with Gasteiger partial charge in [-0.3, -0.25) is 9.69 Å². The Labute approximate surface area is 223 Å². The van der Waals surface area contributed by atoms with Crippen molar-refractivity contribution in [2.24, 2.45) is 0 Å². The van der Waals surface area contributed by atoms with Crippen LogP contribution < -0.4 is 4.74 Å². The summed E-state index contributed by atoms with van der Waals surface area (Å²) < 4.78 is 45.7. The van der Waals surface area contributed by atoms with Crippen molar-refractivity contribution in [3.63, 3.8) is 0 Å². The Morgan fingerprint density at radius 1 is 1.31 bits per heavy atom. The number of piperidine rings is 1. The highest BCUT2D eigenvalue weighted by Crippen LogP contribution is 2.66. The van der Waals surface area contributed by atoms with E-state index in [1.165, 1.54) is 29.2 Å². The number of aliphatic hydroxyl groups is 1. The fraction of sp³-hybridized carbons (Fsp3) is 0.448. The number of benzene rings is 2. The molecule has 0 aromatic heterocycles. The lowest BCUT2D eigenvalue weighted by molar-refractivity contribution is -0.202. The molecular weight excluding hydrogens is 511 g/mol. The van der Waals surface area contributed by atoms with E-state index in [-0.39, 0.29) is 23.8 Å². The lowest BCUT2D eigenvalue weighted by atomic mass is 9.47. The number of ether oxygens (including phenoxy) is 1. The molecule has 2 heterocycles. The van der Waals surface area contributed by atoms with Gasteiger partial charge in [0.1, 0.15) is 6.10 Å². The average Bonchev–Trinajstić information content (AvgIpc) is 3.25. The highest BCUT2D eigenvalue weighted by atomic mass is 19.4. The van der Waals surface area contributed by atoms with Crippen LogP contribution in [-0.2, 0) is 22.8 Å². The molecule has 1 saturated carbocycles. The van der Waals surface area contributed by atoms with Gasteiger partial charge in [-0.25, -0.2) is 0 Å². The van der Waals surface area contributed by atoms with Crippen molar-refractivity contribution in [2.75, 3.05) is 14.1 Å². The number of alkyl halides is 3. The summed E-state index contributed by atoms with van der Waals surface area (Å²) in [5, 5.41) is 33.1. The number of aromatic hydroxyl groups is 1. The normalized spacial score (nSPS) is 32.8. The van der Waals surface area contributed by atoms with Gasteiger partial charge in [-0.2, -0.15) is 18.4 Å². The molecule has 2 aliphatic heterocycles. The zero-order chi connectivity index (χ0) is 27.9. The minimum absolute atomic E-state index is 0.0528. The van der Waals surface area contributed by atoms with Crippen LogP contribution in [-0.4, -0.2) is 69.8 Å². The third-order valence-corrected chi connectivity index (χ3v) is 9.43. The summed E-state index contributed by atoms with van der Waals surface area (Å²) in [5.41, 5.74) is -1.13. The number of amides is 1. The quantitative estimate of drug-likeness (QED) is 0.579. The first-order valence-corrected chi connectivity index (χ1v) is 12.9. The Morgan fingerprint density at radius 2 is 2.08 bits per heavy atom. The van der Waals surface area contributed by atoms with Crippen LogP contribution in [0.2, 0.25) is 0 Å². The van der Waals surface area contributed by atoms with E-state index in [0.717, 1.165) is 23.3 Å². The van der Waals surface area contributed by atoms with E-state index in [1.54, 1.807) is 13.1 Å². The van der Waals surface area contributed by atoms with E-state index < -0.39 is 46.9 Å². The van der Waals surface area contributed by atoms with Gasteiger partial charge in [0.25, 0.3) is 0 Å². The summed E-state index contributed by atoms with van der Waals surface area (Å²) in [5.74, 6) is -0.189. The molecule has 4 aliphatic rings. The van der Waals surface area contributed by atoms with Crippen LogP contribution in [0, 0.1) is 11.3 Å². The molecule has 7 nitrogen and oxygen atoms in total. The molecule has 1 spiro atoms. The van der Waals surface area contributed by atoms with E-state index in [0.29, 0.717) is 25.0 Å².